The molecule has 1 N–H and O–H groups in total. The van der Waals surface area contributed by atoms with Crippen molar-refractivity contribution in [3.63, 3.8) is 0 Å². The molecule has 3 aromatic rings. The van der Waals surface area contributed by atoms with Gasteiger partial charge in [-0.2, -0.15) is 0 Å². The molecular formula is C28H26N2O7. The number of nitro benzene ring substituents is 1. The monoisotopic (exact) mass is 502 g/mol. The zero-order chi connectivity index (χ0) is 26.7. The number of nitro groups is 1. The van der Waals surface area contributed by atoms with Crippen molar-refractivity contribution >= 4 is 28.8 Å². The molecule has 1 aliphatic heterocycles. The molecule has 0 saturated carbocycles. The molecular weight excluding hydrogens is 476 g/mol. The van der Waals surface area contributed by atoms with Crippen LogP contribution >= 0.6 is 0 Å². The molecule has 1 fully saturated rings. The number of hydrogen-bond donors (Lipinski definition) is 1. The van der Waals surface area contributed by atoms with Crippen LogP contribution in [-0.4, -0.2) is 34.4 Å². The minimum absolute atomic E-state index is 0.0508. The average molecular weight is 503 g/mol. The number of Topliss-reactive ketones (excluding diaryl/α,β-unsaturated/α-hetero) is 1. The van der Waals surface area contributed by atoms with Crippen molar-refractivity contribution in [1.82, 2.24) is 0 Å². The van der Waals surface area contributed by atoms with E-state index in [4.69, 9.17) is 9.47 Å². The molecule has 190 valence electrons. The number of benzene rings is 3. The topological polar surface area (TPSA) is 119 Å². The van der Waals surface area contributed by atoms with Crippen LogP contribution in [0.15, 0.2) is 78.4 Å². The van der Waals surface area contributed by atoms with Crippen molar-refractivity contribution < 1.29 is 29.1 Å². The molecule has 1 unspecified atom stereocenters. The fraction of sp³-hybridized carbons (Fsp3) is 0.214. The van der Waals surface area contributed by atoms with Gasteiger partial charge in [0.05, 0.1) is 29.2 Å². The van der Waals surface area contributed by atoms with Crippen LogP contribution in [0.2, 0.25) is 0 Å². The van der Waals surface area contributed by atoms with Crippen molar-refractivity contribution in [3.05, 3.63) is 99.6 Å². The predicted octanol–water partition coefficient (Wildman–Crippen LogP) is 5.41. The molecule has 0 spiro atoms. The van der Waals surface area contributed by atoms with Gasteiger partial charge >= 0.3 is 0 Å². The van der Waals surface area contributed by atoms with Gasteiger partial charge in [-0.25, -0.2) is 0 Å². The number of aliphatic hydroxyl groups excluding tert-OH is 1. The molecule has 9 nitrogen and oxygen atoms in total. The molecule has 1 atom stereocenters. The molecule has 3 aromatic carbocycles. The summed E-state index contributed by atoms with van der Waals surface area (Å²) in [6.45, 7) is 5.99. The van der Waals surface area contributed by atoms with Gasteiger partial charge in [-0.05, 0) is 50.6 Å². The second kappa shape index (κ2) is 10.5. The quantitative estimate of drug-likeness (QED) is 0.144. The van der Waals surface area contributed by atoms with Crippen LogP contribution in [-0.2, 0) is 9.59 Å². The number of hydrogen-bond acceptors (Lipinski definition) is 7. The highest BCUT2D eigenvalue weighted by Gasteiger charge is 2.47. The SMILES string of the molecule is CCOc1cccc(N2C(=O)C(=O)/C(=C(\O)c3cccc([N+](=O)[O-])c3)C2c2cccc(OC(C)C)c2)c1. The van der Waals surface area contributed by atoms with Crippen LogP contribution in [0.4, 0.5) is 11.4 Å². The van der Waals surface area contributed by atoms with E-state index < -0.39 is 28.4 Å². The maximum absolute atomic E-state index is 13.4. The van der Waals surface area contributed by atoms with E-state index in [0.717, 1.165) is 6.07 Å². The van der Waals surface area contributed by atoms with E-state index >= 15 is 0 Å². The lowest BCUT2D eigenvalue weighted by atomic mass is 9.94. The first-order valence-corrected chi connectivity index (χ1v) is 11.8. The Morgan fingerprint density at radius 2 is 1.73 bits per heavy atom. The average Bonchev–Trinajstić information content (AvgIpc) is 3.14. The molecule has 1 amide bonds. The summed E-state index contributed by atoms with van der Waals surface area (Å²) in [6, 6.07) is 17.9. The van der Waals surface area contributed by atoms with Crippen molar-refractivity contribution in [3.8, 4) is 11.5 Å². The third-order valence-corrected chi connectivity index (χ3v) is 5.73. The fourth-order valence-electron chi connectivity index (χ4n) is 4.26. The fourth-order valence-corrected chi connectivity index (χ4v) is 4.26. The smallest absolute Gasteiger partial charge is 0.300 e. The first kappa shape index (κ1) is 25.4. The number of carbonyl (C=O) groups excluding carboxylic acids is 2. The highest BCUT2D eigenvalue weighted by molar-refractivity contribution is 6.51. The number of nitrogens with zero attached hydrogens (tertiary/aromatic N) is 2. The Labute approximate surface area is 213 Å². The molecule has 1 heterocycles. The summed E-state index contributed by atoms with van der Waals surface area (Å²) in [6.07, 6.45) is -0.116. The van der Waals surface area contributed by atoms with Gasteiger partial charge in [0.2, 0.25) is 0 Å². The number of ketones is 1. The molecule has 9 heteroatoms. The predicted molar refractivity (Wildman–Crippen MR) is 138 cm³/mol. The van der Waals surface area contributed by atoms with Gasteiger partial charge < -0.3 is 14.6 Å². The molecule has 0 bridgehead atoms. The minimum Gasteiger partial charge on any atom is -0.507 e. The lowest BCUT2D eigenvalue weighted by Gasteiger charge is -2.26. The normalized spacial score (nSPS) is 16.8. The Bertz CT molecular complexity index is 1400. The van der Waals surface area contributed by atoms with Crippen molar-refractivity contribution in [2.24, 2.45) is 0 Å². The molecule has 1 aliphatic rings. The summed E-state index contributed by atoms with van der Waals surface area (Å²) in [4.78, 5) is 38.8. The molecule has 0 aromatic heterocycles. The zero-order valence-electron chi connectivity index (χ0n) is 20.6. The van der Waals surface area contributed by atoms with Crippen LogP contribution in [0, 0.1) is 10.1 Å². The van der Waals surface area contributed by atoms with Gasteiger partial charge in [-0.1, -0.05) is 30.3 Å². The Balaban J connectivity index is 1.94. The standard InChI is InChI=1S/C28H26N2O7/c1-4-36-22-12-7-10-20(16-22)29-25(18-8-6-13-23(15-18)37-17(2)3)24(27(32)28(29)33)26(31)19-9-5-11-21(14-19)30(34)35/h5-17,25,31H,4H2,1-3H3/b26-24-. The summed E-state index contributed by atoms with van der Waals surface area (Å²) in [5.41, 5.74) is 0.521. The molecule has 1 saturated heterocycles. The van der Waals surface area contributed by atoms with E-state index in [9.17, 15) is 24.8 Å². The van der Waals surface area contributed by atoms with Crippen molar-refractivity contribution in [1.29, 1.82) is 0 Å². The lowest BCUT2D eigenvalue weighted by Crippen LogP contribution is -2.29. The summed E-state index contributed by atoms with van der Waals surface area (Å²) in [7, 11) is 0. The second-order valence-corrected chi connectivity index (χ2v) is 8.65. The third kappa shape index (κ3) is 5.16. The Morgan fingerprint density at radius 1 is 1.03 bits per heavy atom. The highest BCUT2D eigenvalue weighted by Crippen LogP contribution is 2.43. The first-order chi connectivity index (χ1) is 17.7. The highest BCUT2D eigenvalue weighted by atomic mass is 16.6. The van der Waals surface area contributed by atoms with Gasteiger partial charge in [0.1, 0.15) is 17.3 Å². The summed E-state index contributed by atoms with van der Waals surface area (Å²) < 4.78 is 11.4. The van der Waals surface area contributed by atoms with E-state index in [-0.39, 0.29) is 22.9 Å². The molecule has 37 heavy (non-hydrogen) atoms. The van der Waals surface area contributed by atoms with Crippen molar-refractivity contribution in [2.45, 2.75) is 32.9 Å². The maximum Gasteiger partial charge on any atom is 0.300 e. The molecule has 0 radical (unpaired) electrons. The minimum atomic E-state index is -1.02. The second-order valence-electron chi connectivity index (χ2n) is 8.65. The number of ether oxygens (including phenoxy) is 2. The zero-order valence-corrected chi connectivity index (χ0v) is 20.6. The van der Waals surface area contributed by atoms with Crippen LogP contribution < -0.4 is 14.4 Å². The van der Waals surface area contributed by atoms with Gasteiger partial charge in [0.25, 0.3) is 17.4 Å². The number of anilines is 1. The largest absolute Gasteiger partial charge is 0.507 e. The Hall–Kier alpha value is -4.66. The maximum atomic E-state index is 13.4. The third-order valence-electron chi connectivity index (χ3n) is 5.73. The first-order valence-electron chi connectivity index (χ1n) is 11.8. The number of rotatable bonds is 8. The van der Waals surface area contributed by atoms with E-state index in [1.165, 1.54) is 23.1 Å². The van der Waals surface area contributed by atoms with Crippen LogP contribution in [0.25, 0.3) is 5.76 Å². The van der Waals surface area contributed by atoms with Crippen LogP contribution in [0.5, 0.6) is 11.5 Å². The molecule has 4 rings (SSSR count). The van der Waals surface area contributed by atoms with Crippen LogP contribution in [0.3, 0.4) is 0 Å². The van der Waals surface area contributed by atoms with Crippen molar-refractivity contribution in [2.75, 3.05) is 11.5 Å². The number of non-ortho nitro benzene ring substituents is 1. The van der Waals surface area contributed by atoms with Gasteiger partial charge in [0, 0.05) is 29.4 Å². The van der Waals surface area contributed by atoms with E-state index in [1.807, 2.05) is 20.8 Å². The lowest BCUT2D eigenvalue weighted by molar-refractivity contribution is -0.384. The van der Waals surface area contributed by atoms with Gasteiger partial charge in [-0.3, -0.25) is 24.6 Å². The van der Waals surface area contributed by atoms with E-state index in [1.54, 1.807) is 48.5 Å². The van der Waals surface area contributed by atoms with E-state index in [2.05, 4.69) is 0 Å². The number of aliphatic hydroxyl groups is 1. The molecule has 0 aliphatic carbocycles. The number of amides is 1. The van der Waals surface area contributed by atoms with Crippen LogP contribution in [0.1, 0.15) is 37.9 Å². The summed E-state index contributed by atoms with van der Waals surface area (Å²) >= 11 is 0. The van der Waals surface area contributed by atoms with Gasteiger partial charge in [0.15, 0.2) is 0 Å². The summed E-state index contributed by atoms with van der Waals surface area (Å²) in [5.74, 6) is -1.23. The summed E-state index contributed by atoms with van der Waals surface area (Å²) in [5, 5.41) is 22.6. The number of carbonyl (C=O) groups is 2. The Kier molecular flexibility index (Phi) is 7.24. The van der Waals surface area contributed by atoms with Gasteiger partial charge in [-0.15, -0.1) is 0 Å². The van der Waals surface area contributed by atoms with E-state index in [0.29, 0.717) is 29.4 Å². The Morgan fingerprint density at radius 3 is 2.43 bits per heavy atom.